The second-order valence-electron chi connectivity index (χ2n) is 17.7. The number of aromatic amines is 1. The number of hydrogen-bond acceptors (Lipinski definition) is 2. The van der Waals surface area contributed by atoms with E-state index in [1.807, 2.05) is 6.20 Å². The van der Waals surface area contributed by atoms with Gasteiger partial charge in [0.1, 0.15) is 5.82 Å². The molecule has 10 rings (SSSR count). The summed E-state index contributed by atoms with van der Waals surface area (Å²) in [5.74, 6) is 0.908. The Labute approximate surface area is 339 Å². The zero-order valence-corrected chi connectivity index (χ0v) is 33.9. The molecule has 4 heteroatoms. The number of imidazole rings is 1. The van der Waals surface area contributed by atoms with Crippen LogP contribution >= 0.6 is 0 Å². The molecule has 0 aliphatic rings. The lowest BCUT2D eigenvalue weighted by atomic mass is 9.83. The number of fused-ring (bicyclic) bond motifs is 5. The number of nitrogens with one attached hydrogen (secondary N) is 1. The van der Waals surface area contributed by atoms with Crippen LogP contribution in [0.15, 0.2) is 164 Å². The fourth-order valence-corrected chi connectivity index (χ4v) is 8.48. The SMILES string of the molecule is CC(C)(C)c1cc(-c2cc(-c3ccccc3)ccn2)cc(-c2cccc3c2nc(-c2cc(C(C)(C)C)cc4c2[nH]c2ccccc24)n3-c2cccc3ccccc23)c1. The average molecular weight is 751 g/mol. The molecular weight excluding hydrogens is 705 g/mol. The number of para-hydroxylation sites is 2. The summed E-state index contributed by atoms with van der Waals surface area (Å²) < 4.78 is 2.40. The minimum atomic E-state index is -0.0994. The summed E-state index contributed by atoms with van der Waals surface area (Å²) in [6.07, 6.45) is 1.93. The van der Waals surface area contributed by atoms with Gasteiger partial charge in [-0.1, -0.05) is 145 Å². The van der Waals surface area contributed by atoms with Crippen LogP contribution in [0.5, 0.6) is 0 Å². The smallest absolute Gasteiger partial charge is 0.147 e. The number of pyridine rings is 1. The van der Waals surface area contributed by atoms with Crippen molar-refractivity contribution in [3.05, 3.63) is 175 Å². The first-order valence-electron chi connectivity index (χ1n) is 20.2. The van der Waals surface area contributed by atoms with E-state index in [0.717, 1.165) is 67.1 Å². The largest absolute Gasteiger partial charge is 0.354 e. The Balaban J connectivity index is 1.28. The van der Waals surface area contributed by atoms with Gasteiger partial charge in [-0.3, -0.25) is 9.55 Å². The van der Waals surface area contributed by atoms with Crippen LogP contribution in [-0.4, -0.2) is 19.5 Å². The van der Waals surface area contributed by atoms with E-state index in [1.165, 1.54) is 38.2 Å². The third-order valence-electron chi connectivity index (χ3n) is 11.7. The summed E-state index contributed by atoms with van der Waals surface area (Å²) in [5.41, 5.74) is 15.3. The standard InChI is InChI=1S/C54H46N4/c1-53(2,3)39-29-37(28-38(30-39)47-31-36(26-27-55-47)34-16-8-7-9-17-34)42-22-15-25-49-51(42)57-52(58(49)48-24-14-19-35-18-10-11-20-41(35)48)45-33-40(54(4,5)6)32-44-43-21-12-13-23-46(43)56-50(44)45/h7-33,56H,1-6H3. The second-order valence-corrected chi connectivity index (χ2v) is 17.7. The summed E-state index contributed by atoms with van der Waals surface area (Å²) in [7, 11) is 0. The lowest BCUT2D eigenvalue weighted by Gasteiger charge is -2.22. The Kier molecular flexibility index (Phi) is 8.24. The van der Waals surface area contributed by atoms with Crippen LogP contribution in [0.2, 0.25) is 0 Å². The van der Waals surface area contributed by atoms with Crippen molar-refractivity contribution in [2.45, 2.75) is 52.4 Å². The third-order valence-corrected chi connectivity index (χ3v) is 11.7. The lowest BCUT2D eigenvalue weighted by Crippen LogP contribution is -2.11. The van der Waals surface area contributed by atoms with E-state index >= 15 is 0 Å². The second kappa shape index (κ2) is 13.4. The molecule has 0 aliphatic heterocycles. The molecule has 0 saturated heterocycles. The predicted molar refractivity (Wildman–Crippen MR) is 245 cm³/mol. The molecular formula is C54H46N4. The number of aromatic nitrogens is 4. The molecule has 0 aliphatic carbocycles. The summed E-state index contributed by atoms with van der Waals surface area (Å²) in [5, 5.41) is 4.80. The van der Waals surface area contributed by atoms with Crippen molar-refractivity contribution in [3.63, 3.8) is 0 Å². The molecule has 4 nitrogen and oxygen atoms in total. The van der Waals surface area contributed by atoms with Crippen molar-refractivity contribution in [1.29, 1.82) is 0 Å². The first-order chi connectivity index (χ1) is 28.0. The van der Waals surface area contributed by atoms with Crippen molar-refractivity contribution in [3.8, 4) is 50.6 Å². The Morgan fingerprint density at radius 3 is 2.00 bits per heavy atom. The summed E-state index contributed by atoms with van der Waals surface area (Å²) in [6, 6.07) is 57.1. The van der Waals surface area contributed by atoms with Crippen LogP contribution in [0.4, 0.5) is 0 Å². The summed E-state index contributed by atoms with van der Waals surface area (Å²) in [6.45, 7) is 13.7. The molecule has 0 unspecified atom stereocenters. The van der Waals surface area contributed by atoms with Crippen LogP contribution in [0.1, 0.15) is 52.7 Å². The van der Waals surface area contributed by atoms with Crippen molar-refractivity contribution >= 4 is 43.6 Å². The van der Waals surface area contributed by atoms with Gasteiger partial charge in [0.05, 0.1) is 27.9 Å². The molecule has 0 amide bonds. The number of benzene rings is 7. The van der Waals surface area contributed by atoms with Gasteiger partial charge in [-0.15, -0.1) is 0 Å². The van der Waals surface area contributed by atoms with Gasteiger partial charge in [0.15, 0.2) is 0 Å². The van der Waals surface area contributed by atoms with Crippen LogP contribution in [-0.2, 0) is 10.8 Å². The minimum absolute atomic E-state index is 0.0849. The topological polar surface area (TPSA) is 46.5 Å². The fraction of sp³-hybridized carbons (Fsp3) is 0.148. The van der Waals surface area contributed by atoms with E-state index in [9.17, 15) is 0 Å². The van der Waals surface area contributed by atoms with E-state index < -0.39 is 0 Å². The molecule has 0 bridgehead atoms. The number of nitrogens with zero attached hydrogens (tertiary/aromatic N) is 3. The first-order valence-corrected chi connectivity index (χ1v) is 20.2. The maximum absolute atomic E-state index is 5.76. The monoisotopic (exact) mass is 750 g/mol. The highest BCUT2D eigenvalue weighted by atomic mass is 15.1. The average Bonchev–Trinajstić information content (AvgIpc) is 3.82. The highest BCUT2D eigenvalue weighted by Crippen LogP contribution is 2.43. The van der Waals surface area contributed by atoms with Gasteiger partial charge in [-0.2, -0.15) is 0 Å². The Morgan fingerprint density at radius 2 is 1.19 bits per heavy atom. The van der Waals surface area contributed by atoms with Crippen LogP contribution < -0.4 is 0 Å². The molecule has 3 heterocycles. The van der Waals surface area contributed by atoms with Gasteiger partial charge in [0, 0.05) is 44.6 Å². The van der Waals surface area contributed by atoms with Crippen molar-refractivity contribution < 1.29 is 0 Å². The van der Waals surface area contributed by atoms with Gasteiger partial charge in [-0.25, -0.2) is 4.98 Å². The Morgan fingerprint density at radius 1 is 0.500 bits per heavy atom. The number of H-pyrrole nitrogens is 1. The molecule has 282 valence electrons. The third kappa shape index (κ3) is 6.08. The Hall–Kier alpha value is -6.78. The number of rotatable bonds is 5. The highest BCUT2D eigenvalue weighted by molar-refractivity contribution is 6.13. The molecule has 0 atom stereocenters. The summed E-state index contributed by atoms with van der Waals surface area (Å²) in [4.78, 5) is 14.5. The summed E-state index contributed by atoms with van der Waals surface area (Å²) >= 11 is 0. The molecule has 0 spiro atoms. The molecule has 3 aromatic heterocycles. The Bertz CT molecular complexity index is 3180. The molecule has 58 heavy (non-hydrogen) atoms. The highest BCUT2D eigenvalue weighted by Gasteiger charge is 2.26. The van der Waals surface area contributed by atoms with Crippen LogP contribution in [0.25, 0.3) is 94.2 Å². The van der Waals surface area contributed by atoms with Crippen LogP contribution in [0.3, 0.4) is 0 Å². The van der Waals surface area contributed by atoms with Gasteiger partial charge < -0.3 is 4.98 Å². The lowest BCUT2D eigenvalue weighted by molar-refractivity contribution is 0.590. The maximum atomic E-state index is 5.76. The fourth-order valence-electron chi connectivity index (χ4n) is 8.48. The van der Waals surface area contributed by atoms with Crippen molar-refractivity contribution in [2.24, 2.45) is 0 Å². The molecule has 0 saturated carbocycles. The van der Waals surface area contributed by atoms with E-state index in [4.69, 9.17) is 9.97 Å². The van der Waals surface area contributed by atoms with Gasteiger partial charge in [-0.05, 0) is 98.6 Å². The molecule has 7 aromatic carbocycles. The minimum Gasteiger partial charge on any atom is -0.354 e. The van der Waals surface area contributed by atoms with Crippen molar-refractivity contribution in [1.82, 2.24) is 19.5 Å². The van der Waals surface area contributed by atoms with Gasteiger partial charge in [0.2, 0.25) is 0 Å². The zero-order chi connectivity index (χ0) is 39.8. The molecule has 10 aromatic rings. The molecule has 0 fully saturated rings. The van der Waals surface area contributed by atoms with E-state index in [1.54, 1.807) is 0 Å². The quantitative estimate of drug-likeness (QED) is 0.190. The predicted octanol–water partition coefficient (Wildman–Crippen LogP) is 14.5. The van der Waals surface area contributed by atoms with Crippen LogP contribution in [0, 0.1) is 0 Å². The van der Waals surface area contributed by atoms with Gasteiger partial charge >= 0.3 is 0 Å². The zero-order valence-electron chi connectivity index (χ0n) is 33.9. The van der Waals surface area contributed by atoms with Crippen molar-refractivity contribution in [2.75, 3.05) is 0 Å². The van der Waals surface area contributed by atoms with E-state index in [2.05, 4.69) is 209 Å². The maximum Gasteiger partial charge on any atom is 0.147 e. The van der Waals surface area contributed by atoms with E-state index in [-0.39, 0.29) is 10.8 Å². The molecule has 1 N–H and O–H groups in total. The normalized spacial score (nSPS) is 12.3. The van der Waals surface area contributed by atoms with Gasteiger partial charge in [0.25, 0.3) is 0 Å². The first kappa shape index (κ1) is 35.6. The van der Waals surface area contributed by atoms with E-state index in [0.29, 0.717) is 0 Å². The number of hydrogen-bond donors (Lipinski definition) is 1. The molecule has 0 radical (unpaired) electrons.